The lowest BCUT2D eigenvalue weighted by Gasteiger charge is -2.61. The third kappa shape index (κ3) is 3.32. The number of nitrogens with zero attached hydrogens (tertiary/aromatic N) is 1. The summed E-state index contributed by atoms with van der Waals surface area (Å²) in [5, 5.41) is 1.82. The van der Waals surface area contributed by atoms with Gasteiger partial charge >= 0.3 is 0 Å². The Morgan fingerprint density at radius 3 is 2.66 bits per heavy atom. The first kappa shape index (κ1) is 22.9. The molecule has 5 rings (SSSR count). The van der Waals surface area contributed by atoms with Gasteiger partial charge in [-0.15, -0.1) is 11.3 Å². The number of thiophene rings is 1. The summed E-state index contributed by atoms with van der Waals surface area (Å²) in [5.41, 5.74) is 0.424. The fourth-order valence-corrected chi connectivity index (χ4v) is 10.8. The van der Waals surface area contributed by atoms with Crippen LogP contribution >= 0.6 is 11.3 Å². The van der Waals surface area contributed by atoms with Crippen LogP contribution in [0.5, 0.6) is 0 Å². The largest absolute Gasteiger partial charge is 0.342 e. The number of hydrogen-bond acceptors (Lipinski definition) is 4. The van der Waals surface area contributed by atoms with Gasteiger partial charge in [0.2, 0.25) is 15.9 Å². The molecule has 3 saturated carbocycles. The van der Waals surface area contributed by atoms with Crippen LogP contribution in [0.3, 0.4) is 0 Å². The molecule has 178 valence electrons. The van der Waals surface area contributed by atoms with Crippen molar-refractivity contribution in [3.05, 3.63) is 17.5 Å². The predicted molar refractivity (Wildman–Crippen MR) is 128 cm³/mol. The Morgan fingerprint density at radius 2 is 1.94 bits per heavy atom. The molecule has 4 aliphatic rings. The molecule has 1 N–H and O–H groups in total. The van der Waals surface area contributed by atoms with E-state index in [-0.39, 0.29) is 10.8 Å². The second-order valence-corrected chi connectivity index (χ2v) is 14.6. The highest BCUT2D eigenvalue weighted by molar-refractivity contribution is 7.91. The third-order valence-corrected chi connectivity index (χ3v) is 13.2. The average molecular weight is 479 g/mol. The summed E-state index contributed by atoms with van der Waals surface area (Å²) >= 11 is 1.28. The number of rotatable bonds is 4. The third-order valence-electron chi connectivity index (χ3n) is 10.4. The molecule has 2 heterocycles. The Hall–Kier alpha value is -0.920. The van der Waals surface area contributed by atoms with E-state index in [1.54, 1.807) is 12.1 Å². The van der Waals surface area contributed by atoms with E-state index in [2.05, 4.69) is 30.4 Å². The maximum atomic E-state index is 12.8. The minimum atomic E-state index is -3.42. The number of fused-ring (bicyclic) bond motifs is 5. The minimum absolute atomic E-state index is 0.193. The van der Waals surface area contributed by atoms with Gasteiger partial charge in [0.1, 0.15) is 4.21 Å². The van der Waals surface area contributed by atoms with E-state index < -0.39 is 10.0 Å². The summed E-state index contributed by atoms with van der Waals surface area (Å²) in [6.45, 7) is 7.80. The number of carbonyl (C=O) groups is 1. The first-order valence-electron chi connectivity index (χ1n) is 12.4. The Bertz CT molecular complexity index is 977. The standard InChI is InChI=1S/C25H38N2O3S2/c1-16-14-19-17-7-8-21-25(3,12-10-22(28)27(21)4)18(17)9-11-24(19,2)20(16)15-26-32(29,30)23-6-5-13-31-23/h5-6,13,16-21,26H,7-12,14-15H2,1-4H3/t16?,17-,18+,19+,20+,21-,24+,25-/m1/s1. The molecule has 4 fully saturated rings. The van der Waals surface area contributed by atoms with E-state index in [4.69, 9.17) is 0 Å². The smallest absolute Gasteiger partial charge is 0.250 e. The number of nitrogens with one attached hydrogen (secondary N) is 1. The van der Waals surface area contributed by atoms with E-state index in [1.165, 1.54) is 37.0 Å². The molecule has 1 aliphatic heterocycles. The van der Waals surface area contributed by atoms with Crippen molar-refractivity contribution in [2.75, 3.05) is 13.6 Å². The molecule has 0 radical (unpaired) electrons. The van der Waals surface area contributed by atoms with Crippen LogP contribution in [0.25, 0.3) is 0 Å². The molecule has 1 saturated heterocycles. The zero-order valence-corrected chi connectivity index (χ0v) is 21.5. The maximum absolute atomic E-state index is 12.8. The maximum Gasteiger partial charge on any atom is 0.250 e. The highest BCUT2D eigenvalue weighted by Crippen LogP contribution is 2.67. The number of amides is 1. The van der Waals surface area contributed by atoms with Crippen LogP contribution in [0.4, 0.5) is 0 Å². The zero-order chi connectivity index (χ0) is 22.9. The molecule has 3 aliphatic carbocycles. The van der Waals surface area contributed by atoms with Crippen molar-refractivity contribution in [1.29, 1.82) is 0 Å². The van der Waals surface area contributed by atoms with Crippen molar-refractivity contribution in [1.82, 2.24) is 9.62 Å². The average Bonchev–Trinajstić information content (AvgIpc) is 3.37. The van der Waals surface area contributed by atoms with Gasteiger partial charge in [-0.25, -0.2) is 13.1 Å². The second-order valence-electron chi connectivity index (χ2n) is 11.6. The number of likely N-dealkylation sites (tertiary alicyclic amines) is 1. The summed E-state index contributed by atoms with van der Waals surface area (Å²) in [6.07, 6.45) is 7.66. The van der Waals surface area contributed by atoms with Crippen LogP contribution < -0.4 is 4.72 Å². The molecule has 0 spiro atoms. The van der Waals surface area contributed by atoms with Crippen LogP contribution in [0.1, 0.15) is 65.7 Å². The van der Waals surface area contributed by atoms with Gasteiger partial charge in [-0.05, 0) is 90.4 Å². The van der Waals surface area contributed by atoms with Crippen molar-refractivity contribution in [3.8, 4) is 0 Å². The van der Waals surface area contributed by atoms with Gasteiger partial charge in [0, 0.05) is 26.1 Å². The molecule has 1 amide bonds. The van der Waals surface area contributed by atoms with Crippen molar-refractivity contribution < 1.29 is 13.2 Å². The molecule has 5 nitrogen and oxygen atoms in total. The number of piperidine rings is 1. The number of carbonyl (C=O) groups excluding carboxylic acids is 1. The molecule has 0 bridgehead atoms. The topological polar surface area (TPSA) is 66.5 Å². The summed E-state index contributed by atoms with van der Waals surface area (Å²) in [6, 6.07) is 3.87. The molecule has 7 heteroatoms. The van der Waals surface area contributed by atoms with Crippen molar-refractivity contribution in [2.24, 2.45) is 40.4 Å². The van der Waals surface area contributed by atoms with Gasteiger partial charge < -0.3 is 4.90 Å². The summed E-state index contributed by atoms with van der Waals surface area (Å²) in [5.74, 6) is 3.27. The van der Waals surface area contributed by atoms with Gasteiger partial charge in [0.25, 0.3) is 0 Å². The molecular formula is C25H38N2O3S2. The number of hydrogen-bond donors (Lipinski definition) is 1. The lowest BCUT2D eigenvalue weighted by Crippen LogP contribution is -2.61. The summed E-state index contributed by atoms with van der Waals surface area (Å²) in [4.78, 5) is 14.4. The Labute approximate surface area is 197 Å². The summed E-state index contributed by atoms with van der Waals surface area (Å²) in [7, 11) is -1.40. The van der Waals surface area contributed by atoms with Crippen molar-refractivity contribution in [3.63, 3.8) is 0 Å². The first-order chi connectivity index (χ1) is 15.1. The predicted octanol–water partition coefficient (Wildman–Crippen LogP) is 4.75. The zero-order valence-electron chi connectivity index (χ0n) is 19.8. The fraction of sp³-hybridized carbons (Fsp3) is 0.800. The Morgan fingerprint density at radius 1 is 1.16 bits per heavy atom. The van der Waals surface area contributed by atoms with Crippen LogP contribution in [-0.4, -0.2) is 38.9 Å². The molecule has 1 unspecified atom stereocenters. The molecule has 1 aromatic heterocycles. The SMILES string of the molecule is CC1C[C@H]2[C@@H]3CC[C@H]4N(C)C(=O)CC[C@]4(C)[C@H]3CC[C@]2(C)[C@H]1CNS(=O)(=O)c1cccs1. The van der Waals surface area contributed by atoms with Crippen LogP contribution in [-0.2, 0) is 14.8 Å². The van der Waals surface area contributed by atoms with E-state index in [9.17, 15) is 13.2 Å². The van der Waals surface area contributed by atoms with E-state index in [1.807, 2.05) is 12.4 Å². The molecule has 1 aromatic rings. The minimum Gasteiger partial charge on any atom is -0.342 e. The molecule has 0 aromatic carbocycles. The molecular weight excluding hydrogens is 440 g/mol. The quantitative estimate of drug-likeness (QED) is 0.679. The monoisotopic (exact) mass is 478 g/mol. The highest BCUT2D eigenvalue weighted by atomic mass is 32.2. The van der Waals surface area contributed by atoms with E-state index in [0.29, 0.717) is 58.7 Å². The lowest BCUT2D eigenvalue weighted by molar-refractivity contribution is -0.158. The van der Waals surface area contributed by atoms with Crippen molar-refractivity contribution >= 4 is 27.3 Å². The first-order valence-corrected chi connectivity index (χ1v) is 14.7. The van der Waals surface area contributed by atoms with Gasteiger partial charge in [-0.3, -0.25) is 4.79 Å². The van der Waals surface area contributed by atoms with E-state index in [0.717, 1.165) is 12.8 Å². The van der Waals surface area contributed by atoms with Gasteiger partial charge in [-0.1, -0.05) is 26.8 Å². The van der Waals surface area contributed by atoms with E-state index >= 15 is 0 Å². The highest BCUT2D eigenvalue weighted by Gasteiger charge is 2.62. The van der Waals surface area contributed by atoms with Gasteiger partial charge in [0.15, 0.2) is 0 Å². The normalized spacial score (nSPS) is 44.1. The van der Waals surface area contributed by atoms with Crippen LogP contribution in [0.15, 0.2) is 21.7 Å². The fourth-order valence-electron chi connectivity index (χ4n) is 8.74. The second kappa shape index (κ2) is 7.81. The molecule has 8 atom stereocenters. The Balaban J connectivity index is 1.36. The Kier molecular flexibility index (Phi) is 5.58. The van der Waals surface area contributed by atoms with Crippen LogP contribution in [0, 0.1) is 40.4 Å². The van der Waals surface area contributed by atoms with Gasteiger partial charge in [-0.2, -0.15) is 0 Å². The summed E-state index contributed by atoms with van der Waals surface area (Å²) < 4.78 is 28.9. The lowest BCUT2D eigenvalue weighted by atomic mass is 9.47. The van der Waals surface area contributed by atoms with Gasteiger partial charge in [0.05, 0.1) is 0 Å². The molecule has 32 heavy (non-hydrogen) atoms. The van der Waals surface area contributed by atoms with Crippen LogP contribution in [0.2, 0.25) is 0 Å². The van der Waals surface area contributed by atoms with Crippen molar-refractivity contribution in [2.45, 2.75) is 76.0 Å². The number of sulfonamides is 1.